The topological polar surface area (TPSA) is 32.3 Å². The molecule has 16 heavy (non-hydrogen) atoms. The maximum atomic E-state index is 12.4. The summed E-state index contributed by atoms with van der Waals surface area (Å²) >= 11 is 0. The number of carbonyl (C=O) groups is 1. The SMILES string of the molecule is CCCCN(C(=O)C(C)C1CNC1)C1CC1. The van der Waals surface area contributed by atoms with E-state index in [4.69, 9.17) is 0 Å². The number of nitrogens with one attached hydrogen (secondary N) is 1. The van der Waals surface area contributed by atoms with Crippen LogP contribution in [0.15, 0.2) is 0 Å². The number of carbonyl (C=O) groups excluding carboxylic acids is 1. The van der Waals surface area contributed by atoms with Crippen molar-refractivity contribution in [1.29, 1.82) is 0 Å². The summed E-state index contributed by atoms with van der Waals surface area (Å²) in [4.78, 5) is 14.5. The van der Waals surface area contributed by atoms with Crippen LogP contribution in [-0.2, 0) is 4.79 Å². The Morgan fingerprint density at radius 3 is 2.56 bits per heavy atom. The third-order valence-corrected chi connectivity index (χ3v) is 3.93. The summed E-state index contributed by atoms with van der Waals surface area (Å²) in [6.45, 7) is 7.33. The van der Waals surface area contributed by atoms with Crippen molar-refractivity contribution in [2.45, 2.75) is 45.6 Å². The second-order valence-corrected chi connectivity index (χ2v) is 5.32. The standard InChI is InChI=1S/C13H24N2O/c1-3-4-7-15(12-5-6-12)13(16)10(2)11-8-14-9-11/h10-12,14H,3-9H2,1-2H3. The molecule has 0 aromatic rings. The number of unbranched alkanes of at least 4 members (excludes halogenated alkanes) is 1. The number of rotatable bonds is 6. The summed E-state index contributed by atoms with van der Waals surface area (Å²) in [5.74, 6) is 1.21. The average Bonchev–Trinajstić information content (AvgIpc) is 2.99. The van der Waals surface area contributed by atoms with Crippen molar-refractivity contribution >= 4 is 5.91 Å². The number of amides is 1. The zero-order valence-electron chi connectivity index (χ0n) is 10.5. The third kappa shape index (κ3) is 2.57. The van der Waals surface area contributed by atoms with E-state index in [2.05, 4.69) is 24.1 Å². The Labute approximate surface area is 98.6 Å². The first-order chi connectivity index (χ1) is 7.74. The van der Waals surface area contributed by atoms with Crippen LogP contribution in [0.4, 0.5) is 0 Å². The van der Waals surface area contributed by atoms with Crippen molar-refractivity contribution < 1.29 is 4.79 Å². The van der Waals surface area contributed by atoms with Gasteiger partial charge in [-0.2, -0.15) is 0 Å². The van der Waals surface area contributed by atoms with Crippen LogP contribution in [0.2, 0.25) is 0 Å². The molecule has 1 amide bonds. The van der Waals surface area contributed by atoms with Crippen LogP contribution in [0, 0.1) is 11.8 Å². The van der Waals surface area contributed by atoms with E-state index in [1.807, 2.05) is 0 Å². The Kier molecular flexibility index (Phi) is 3.85. The zero-order chi connectivity index (χ0) is 11.5. The Balaban J connectivity index is 1.87. The van der Waals surface area contributed by atoms with Crippen LogP contribution in [0.3, 0.4) is 0 Å². The lowest BCUT2D eigenvalue weighted by Crippen LogP contribution is -2.51. The van der Waals surface area contributed by atoms with E-state index in [9.17, 15) is 4.79 Å². The van der Waals surface area contributed by atoms with Crippen LogP contribution in [-0.4, -0.2) is 36.5 Å². The van der Waals surface area contributed by atoms with Gasteiger partial charge in [-0.05, 0) is 38.3 Å². The van der Waals surface area contributed by atoms with E-state index in [0.29, 0.717) is 17.9 Å². The molecule has 0 spiro atoms. The van der Waals surface area contributed by atoms with E-state index < -0.39 is 0 Å². The molecule has 0 aromatic heterocycles. The molecule has 2 aliphatic rings. The van der Waals surface area contributed by atoms with Crippen LogP contribution in [0.1, 0.15) is 39.5 Å². The molecule has 0 radical (unpaired) electrons. The lowest BCUT2D eigenvalue weighted by Gasteiger charge is -2.35. The largest absolute Gasteiger partial charge is 0.339 e. The molecule has 2 rings (SSSR count). The maximum absolute atomic E-state index is 12.4. The molecule has 1 atom stereocenters. The molecule has 1 aliphatic heterocycles. The predicted molar refractivity (Wildman–Crippen MR) is 65.2 cm³/mol. The molecule has 1 heterocycles. The number of hydrogen-bond acceptors (Lipinski definition) is 2. The van der Waals surface area contributed by atoms with E-state index in [1.54, 1.807) is 0 Å². The molecule has 1 saturated heterocycles. The first kappa shape index (κ1) is 11.9. The van der Waals surface area contributed by atoms with Gasteiger partial charge in [-0.3, -0.25) is 4.79 Å². The highest BCUT2D eigenvalue weighted by molar-refractivity contribution is 5.79. The van der Waals surface area contributed by atoms with Gasteiger partial charge in [-0.25, -0.2) is 0 Å². The predicted octanol–water partition coefficient (Wildman–Crippen LogP) is 1.63. The Hall–Kier alpha value is -0.570. The molecule has 2 fully saturated rings. The molecule has 1 aliphatic carbocycles. The van der Waals surface area contributed by atoms with Gasteiger partial charge in [-0.1, -0.05) is 20.3 Å². The maximum Gasteiger partial charge on any atom is 0.226 e. The van der Waals surface area contributed by atoms with E-state index in [1.165, 1.54) is 19.3 Å². The van der Waals surface area contributed by atoms with Gasteiger partial charge in [0.15, 0.2) is 0 Å². The molecule has 92 valence electrons. The summed E-state index contributed by atoms with van der Waals surface area (Å²) < 4.78 is 0. The first-order valence-electron chi connectivity index (χ1n) is 6.75. The normalized spacial score (nSPS) is 22.6. The van der Waals surface area contributed by atoms with Crippen molar-refractivity contribution in [2.75, 3.05) is 19.6 Å². The second-order valence-electron chi connectivity index (χ2n) is 5.32. The summed E-state index contributed by atoms with van der Waals surface area (Å²) in [5, 5.41) is 3.25. The fourth-order valence-electron chi connectivity index (χ4n) is 2.32. The summed E-state index contributed by atoms with van der Waals surface area (Å²) in [5.41, 5.74) is 0. The Morgan fingerprint density at radius 2 is 2.12 bits per heavy atom. The summed E-state index contributed by atoms with van der Waals surface area (Å²) in [7, 11) is 0. The first-order valence-corrected chi connectivity index (χ1v) is 6.75. The zero-order valence-corrected chi connectivity index (χ0v) is 10.5. The molecule has 3 heteroatoms. The van der Waals surface area contributed by atoms with Gasteiger partial charge in [0.25, 0.3) is 0 Å². The van der Waals surface area contributed by atoms with Crippen LogP contribution in [0.5, 0.6) is 0 Å². The lowest BCUT2D eigenvalue weighted by atomic mass is 9.88. The van der Waals surface area contributed by atoms with E-state index >= 15 is 0 Å². The molecular formula is C13H24N2O. The second kappa shape index (κ2) is 5.17. The monoisotopic (exact) mass is 224 g/mol. The van der Waals surface area contributed by atoms with Gasteiger partial charge in [0.2, 0.25) is 5.91 Å². The molecule has 0 bridgehead atoms. The van der Waals surface area contributed by atoms with E-state index in [0.717, 1.165) is 26.1 Å². The van der Waals surface area contributed by atoms with Gasteiger partial charge in [-0.15, -0.1) is 0 Å². The lowest BCUT2D eigenvalue weighted by molar-refractivity contribution is -0.138. The van der Waals surface area contributed by atoms with E-state index in [-0.39, 0.29) is 5.92 Å². The smallest absolute Gasteiger partial charge is 0.226 e. The van der Waals surface area contributed by atoms with Crippen LogP contribution < -0.4 is 5.32 Å². The summed E-state index contributed by atoms with van der Waals surface area (Å²) in [6, 6.07) is 0.578. The highest BCUT2D eigenvalue weighted by atomic mass is 16.2. The van der Waals surface area contributed by atoms with Gasteiger partial charge < -0.3 is 10.2 Å². The van der Waals surface area contributed by atoms with Gasteiger partial charge in [0, 0.05) is 18.5 Å². The molecule has 0 aromatic carbocycles. The van der Waals surface area contributed by atoms with Crippen molar-refractivity contribution in [3.8, 4) is 0 Å². The number of hydrogen-bond donors (Lipinski definition) is 1. The minimum Gasteiger partial charge on any atom is -0.339 e. The van der Waals surface area contributed by atoms with Crippen LogP contribution >= 0.6 is 0 Å². The third-order valence-electron chi connectivity index (χ3n) is 3.93. The fourth-order valence-corrected chi connectivity index (χ4v) is 2.32. The minimum absolute atomic E-state index is 0.221. The van der Waals surface area contributed by atoms with Crippen molar-refractivity contribution in [3.63, 3.8) is 0 Å². The fraction of sp³-hybridized carbons (Fsp3) is 0.923. The highest BCUT2D eigenvalue weighted by Crippen LogP contribution is 2.30. The van der Waals surface area contributed by atoms with Gasteiger partial charge in [0.05, 0.1) is 0 Å². The van der Waals surface area contributed by atoms with Crippen molar-refractivity contribution in [2.24, 2.45) is 11.8 Å². The van der Waals surface area contributed by atoms with Crippen molar-refractivity contribution in [3.05, 3.63) is 0 Å². The molecule has 3 nitrogen and oxygen atoms in total. The highest BCUT2D eigenvalue weighted by Gasteiger charge is 2.37. The molecule has 1 saturated carbocycles. The molecule has 1 unspecified atom stereocenters. The number of nitrogens with zero attached hydrogens (tertiary/aromatic N) is 1. The molecule has 1 N–H and O–H groups in total. The Bertz CT molecular complexity index is 246. The summed E-state index contributed by atoms with van der Waals surface area (Å²) in [6.07, 6.45) is 4.78. The molecular weight excluding hydrogens is 200 g/mol. The van der Waals surface area contributed by atoms with Crippen LogP contribution in [0.25, 0.3) is 0 Å². The van der Waals surface area contributed by atoms with Gasteiger partial charge >= 0.3 is 0 Å². The van der Waals surface area contributed by atoms with Gasteiger partial charge in [0.1, 0.15) is 0 Å². The van der Waals surface area contributed by atoms with Crippen molar-refractivity contribution in [1.82, 2.24) is 10.2 Å². The average molecular weight is 224 g/mol. The quantitative estimate of drug-likeness (QED) is 0.744. The minimum atomic E-state index is 0.221. The Morgan fingerprint density at radius 1 is 1.44 bits per heavy atom.